The molecule has 3 heteroatoms. The molecule has 1 aromatic rings. The molecule has 0 N–H and O–H groups in total. The van der Waals surface area contributed by atoms with Crippen LogP contribution in [0.2, 0.25) is 0 Å². The van der Waals surface area contributed by atoms with Crippen molar-refractivity contribution in [1.29, 1.82) is 5.26 Å². The molecule has 1 heterocycles. The van der Waals surface area contributed by atoms with Crippen molar-refractivity contribution in [2.24, 2.45) is 0 Å². The van der Waals surface area contributed by atoms with Gasteiger partial charge in [-0.3, -0.25) is 4.79 Å². The molecule has 1 rings (SSSR count). The molecule has 64 valence electrons. The molecule has 0 aliphatic carbocycles. The number of rotatable bonds is 1. The molecule has 0 spiro atoms. The average Bonchev–Trinajstić information content (AvgIpc) is 2.16. The highest BCUT2D eigenvalue weighted by atomic mass is 16.1. The van der Waals surface area contributed by atoms with E-state index in [0.29, 0.717) is 12.1 Å². The fourth-order valence-corrected chi connectivity index (χ4v) is 0.872. The molecular weight excluding hydrogens is 164 g/mol. The molecule has 3 nitrogen and oxygen atoms in total. The van der Waals surface area contributed by atoms with E-state index in [2.05, 4.69) is 11.8 Å². The van der Waals surface area contributed by atoms with Crippen molar-refractivity contribution >= 4 is 0 Å². The fraction of sp³-hybridized carbons (Fsp3) is 0.200. The topological polar surface area (TPSA) is 45.8 Å². The Bertz CT molecular complexity index is 454. The van der Waals surface area contributed by atoms with Gasteiger partial charge in [0.05, 0.1) is 18.2 Å². The van der Waals surface area contributed by atoms with Crippen molar-refractivity contribution in [2.45, 2.75) is 13.5 Å². The van der Waals surface area contributed by atoms with Crippen molar-refractivity contribution in [3.05, 3.63) is 34.2 Å². The first-order chi connectivity index (χ1) is 6.27. The Hall–Kier alpha value is -2.00. The molecule has 0 saturated heterocycles. The van der Waals surface area contributed by atoms with Crippen LogP contribution in [0.1, 0.15) is 12.5 Å². The summed E-state index contributed by atoms with van der Waals surface area (Å²) < 4.78 is 1.46. The minimum absolute atomic E-state index is 0.193. The Kier molecular flexibility index (Phi) is 2.89. The van der Waals surface area contributed by atoms with Crippen molar-refractivity contribution < 1.29 is 0 Å². The van der Waals surface area contributed by atoms with Gasteiger partial charge >= 0.3 is 0 Å². The highest BCUT2D eigenvalue weighted by molar-refractivity contribution is 5.25. The number of pyridine rings is 1. The summed E-state index contributed by atoms with van der Waals surface area (Å²) in [6, 6.07) is 4.80. The summed E-state index contributed by atoms with van der Waals surface area (Å²) in [7, 11) is 0. The zero-order valence-corrected chi connectivity index (χ0v) is 7.24. The lowest BCUT2D eigenvalue weighted by molar-refractivity contribution is 0.794. The monoisotopic (exact) mass is 172 g/mol. The smallest absolute Gasteiger partial charge is 0.252 e. The number of hydrogen-bond donors (Lipinski definition) is 0. The highest BCUT2D eigenvalue weighted by Gasteiger charge is 1.94. The van der Waals surface area contributed by atoms with Crippen LogP contribution in [0.4, 0.5) is 0 Å². The van der Waals surface area contributed by atoms with E-state index >= 15 is 0 Å². The maximum absolute atomic E-state index is 11.2. The summed E-state index contributed by atoms with van der Waals surface area (Å²) in [5.74, 6) is 5.47. The Balaban J connectivity index is 3.05. The Labute approximate surface area is 76.2 Å². The third kappa shape index (κ3) is 2.21. The van der Waals surface area contributed by atoms with Crippen LogP contribution in [0.5, 0.6) is 0 Å². The van der Waals surface area contributed by atoms with Gasteiger partial charge in [-0.25, -0.2) is 0 Å². The number of nitriles is 1. The first-order valence-corrected chi connectivity index (χ1v) is 3.78. The summed E-state index contributed by atoms with van der Waals surface area (Å²) in [6.07, 6.45) is 1.57. The minimum atomic E-state index is -0.193. The van der Waals surface area contributed by atoms with Crippen LogP contribution in [0.3, 0.4) is 0 Å². The van der Waals surface area contributed by atoms with E-state index in [1.807, 2.05) is 6.07 Å². The fourth-order valence-electron chi connectivity index (χ4n) is 0.872. The van der Waals surface area contributed by atoms with Gasteiger partial charge in [0.25, 0.3) is 5.56 Å². The molecule has 0 amide bonds. The van der Waals surface area contributed by atoms with Gasteiger partial charge < -0.3 is 4.57 Å². The van der Waals surface area contributed by atoms with Gasteiger partial charge in [0, 0.05) is 12.3 Å². The van der Waals surface area contributed by atoms with E-state index in [9.17, 15) is 4.79 Å². The van der Waals surface area contributed by atoms with E-state index < -0.39 is 0 Å². The SMILES string of the molecule is CC#CCn1ccc(C#N)cc1=O. The first-order valence-electron chi connectivity index (χ1n) is 3.78. The van der Waals surface area contributed by atoms with Crippen LogP contribution < -0.4 is 5.56 Å². The van der Waals surface area contributed by atoms with Crippen molar-refractivity contribution in [3.63, 3.8) is 0 Å². The van der Waals surface area contributed by atoms with Gasteiger partial charge in [-0.15, -0.1) is 5.92 Å². The maximum atomic E-state index is 11.2. The lowest BCUT2D eigenvalue weighted by atomic mass is 10.3. The quantitative estimate of drug-likeness (QED) is 0.586. The summed E-state index contributed by atoms with van der Waals surface area (Å²) in [4.78, 5) is 11.2. The summed E-state index contributed by atoms with van der Waals surface area (Å²) >= 11 is 0. The molecule has 0 aliphatic rings. The van der Waals surface area contributed by atoms with Crippen LogP contribution in [0, 0.1) is 23.2 Å². The molecule has 0 saturated carbocycles. The predicted octanol–water partition coefficient (Wildman–Crippen LogP) is 0.743. The van der Waals surface area contributed by atoms with E-state index in [1.165, 1.54) is 10.6 Å². The number of nitrogens with zero attached hydrogens (tertiary/aromatic N) is 2. The predicted molar refractivity (Wildman–Crippen MR) is 48.9 cm³/mol. The van der Waals surface area contributed by atoms with Gasteiger partial charge in [0.2, 0.25) is 0 Å². The molecule has 13 heavy (non-hydrogen) atoms. The Morgan fingerprint density at radius 3 is 2.92 bits per heavy atom. The van der Waals surface area contributed by atoms with Gasteiger partial charge in [-0.05, 0) is 13.0 Å². The molecule has 0 aromatic carbocycles. The van der Waals surface area contributed by atoms with E-state index in [-0.39, 0.29) is 5.56 Å². The normalized spacial score (nSPS) is 8.31. The molecule has 0 radical (unpaired) electrons. The summed E-state index contributed by atoms with van der Waals surface area (Å²) in [5.41, 5.74) is 0.188. The molecular formula is C10H8N2O. The van der Waals surface area contributed by atoms with E-state index in [4.69, 9.17) is 5.26 Å². The second-order valence-corrected chi connectivity index (χ2v) is 2.42. The molecule has 0 aliphatic heterocycles. The average molecular weight is 172 g/mol. The van der Waals surface area contributed by atoms with Crippen LogP contribution in [-0.4, -0.2) is 4.57 Å². The van der Waals surface area contributed by atoms with Gasteiger partial charge in [-0.1, -0.05) is 5.92 Å². The van der Waals surface area contributed by atoms with Crippen molar-refractivity contribution in [1.82, 2.24) is 4.57 Å². The van der Waals surface area contributed by atoms with Crippen molar-refractivity contribution in [2.75, 3.05) is 0 Å². The van der Waals surface area contributed by atoms with E-state index in [0.717, 1.165) is 0 Å². The van der Waals surface area contributed by atoms with Crippen LogP contribution >= 0.6 is 0 Å². The second kappa shape index (κ2) is 4.13. The molecule has 0 unspecified atom stereocenters. The van der Waals surface area contributed by atoms with E-state index in [1.54, 1.807) is 19.2 Å². The second-order valence-electron chi connectivity index (χ2n) is 2.42. The van der Waals surface area contributed by atoms with Gasteiger partial charge in [0.15, 0.2) is 0 Å². The van der Waals surface area contributed by atoms with Gasteiger partial charge in [0.1, 0.15) is 0 Å². The lowest BCUT2D eigenvalue weighted by Gasteiger charge is -1.98. The lowest BCUT2D eigenvalue weighted by Crippen LogP contribution is -2.17. The summed E-state index contributed by atoms with van der Waals surface area (Å²) in [6.45, 7) is 2.09. The number of hydrogen-bond acceptors (Lipinski definition) is 2. The molecule has 0 bridgehead atoms. The third-order valence-corrected chi connectivity index (χ3v) is 1.55. The Morgan fingerprint density at radius 1 is 1.62 bits per heavy atom. The van der Waals surface area contributed by atoms with Gasteiger partial charge in [-0.2, -0.15) is 5.26 Å². The highest BCUT2D eigenvalue weighted by Crippen LogP contribution is 1.90. The van der Waals surface area contributed by atoms with Crippen LogP contribution in [0.15, 0.2) is 23.1 Å². The largest absolute Gasteiger partial charge is 0.304 e. The standard InChI is InChI=1S/C10H8N2O/c1-2-3-5-12-6-4-9(8-11)7-10(12)13/h4,6-7H,5H2,1H3. The zero-order valence-electron chi connectivity index (χ0n) is 7.24. The minimum Gasteiger partial charge on any atom is -0.304 e. The zero-order chi connectivity index (χ0) is 9.68. The maximum Gasteiger partial charge on any atom is 0.252 e. The summed E-state index contributed by atoms with van der Waals surface area (Å²) in [5, 5.41) is 8.50. The number of aromatic nitrogens is 1. The first kappa shape index (κ1) is 9.09. The molecule has 1 aromatic heterocycles. The van der Waals surface area contributed by atoms with Crippen LogP contribution in [0.25, 0.3) is 0 Å². The molecule has 0 atom stereocenters. The van der Waals surface area contributed by atoms with Crippen molar-refractivity contribution in [3.8, 4) is 17.9 Å². The Morgan fingerprint density at radius 2 is 2.38 bits per heavy atom. The van der Waals surface area contributed by atoms with Crippen LogP contribution in [-0.2, 0) is 6.54 Å². The molecule has 0 fully saturated rings. The third-order valence-electron chi connectivity index (χ3n) is 1.55.